The van der Waals surface area contributed by atoms with E-state index in [1.54, 1.807) is 23.9 Å². The third-order valence-electron chi connectivity index (χ3n) is 5.71. The molecule has 0 spiro atoms. The van der Waals surface area contributed by atoms with E-state index in [9.17, 15) is 4.79 Å². The molecule has 0 aliphatic rings. The van der Waals surface area contributed by atoms with Crippen LogP contribution >= 0.6 is 11.6 Å². The molecule has 2 heterocycles. The lowest BCUT2D eigenvalue weighted by Crippen LogP contribution is -2.41. The molecule has 3 aromatic carbocycles. The van der Waals surface area contributed by atoms with Crippen LogP contribution in [0.3, 0.4) is 0 Å². The van der Waals surface area contributed by atoms with Gasteiger partial charge in [0.2, 0.25) is 0 Å². The van der Waals surface area contributed by atoms with E-state index in [2.05, 4.69) is 22.7 Å². The van der Waals surface area contributed by atoms with E-state index in [-0.39, 0.29) is 11.0 Å². The van der Waals surface area contributed by atoms with Crippen LogP contribution in [0.15, 0.2) is 77.6 Å². The number of aromatic nitrogens is 3. The van der Waals surface area contributed by atoms with Gasteiger partial charge in [0, 0.05) is 22.9 Å². The number of rotatable bonds is 4. The zero-order valence-electron chi connectivity index (χ0n) is 17.7. The van der Waals surface area contributed by atoms with Gasteiger partial charge in [-0.15, -0.1) is 0 Å². The van der Waals surface area contributed by atoms with Crippen LogP contribution in [0.5, 0.6) is 5.75 Å². The fourth-order valence-corrected chi connectivity index (χ4v) is 4.21. The van der Waals surface area contributed by atoms with Gasteiger partial charge in [0.05, 0.1) is 18.2 Å². The number of H-pyrrole nitrogens is 1. The summed E-state index contributed by atoms with van der Waals surface area (Å²) in [4.78, 5) is 13.6. The molecular formula is C25H22ClN3O3. The van der Waals surface area contributed by atoms with Crippen molar-refractivity contribution in [3.05, 3.63) is 99.4 Å². The number of aryl methyl sites for hydroxylation is 1. The summed E-state index contributed by atoms with van der Waals surface area (Å²) in [5.74, 6) is 0.806. The van der Waals surface area contributed by atoms with Crippen LogP contribution in [-0.4, -0.2) is 22.4 Å². The van der Waals surface area contributed by atoms with Crippen molar-refractivity contribution in [2.75, 3.05) is 7.11 Å². The van der Waals surface area contributed by atoms with Crippen LogP contribution in [0, 0.1) is 6.92 Å². The Labute approximate surface area is 189 Å². The molecule has 2 aromatic heterocycles. The SMILES string of the molecule is COc1ccc(C[n+]2c(C)c3ccccc3c3[nH]n(-c4ccc(Cl)cc4)c(=O)c32)cc1.[OH-]. The first-order valence-electron chi connectivity index (χ1n) is 10.0. The highest BCUT2D eigenvalue weighted by atomic mass is 35.5. The molecule has 5 rings (SSSR count). The number of halogens is 1. The highest BCUT2D eigenvalue weighted by Crippen LogP contribution is 2.24. The van der Waals surface area contributed by atoms with Gasteiger partial charge < -0.3 is 10.2 Å². The van der Waals surface area contributed by atoms with Crippen molar-refractivity contribution in [2.24, 2.45) is 0 Å². The molecule has 0 aliphatic carbocycles. The van der Waals surface area contributed by atoms with Gasteiger partial charge in [-0.05, 0) is 54.6 Å². The van der Waals surface area contributed by atoms with Crippen molar-refractivity contribution in [1.29, 1.82) is 0 Å². The summed E-state index contributed by atoms with van der Waals surface area (Å²) in [6.45, 7) is 2.63. The van der Waals surface area contributed by atoms with E-state index in [0.29, 0.717) is 17.1 Å². The quantitative estimate of drug-likeness (QED) is 0.409. The Morgan fingerprint density at radius 2 is 1.62 bits per heavy atom. The summed E-state index contributed by atoms with van der Waals surface area (Å²) >= 11 is 6.04. The number of aromatic amines is 1. The molecule has 0 amide bonds. The van der Waals surface area contributed by atoms with Crippen LogP contribution in [-0.2, 0) is 6.54 Å². The van der Waals surface area contributed by atoms with Crippen LogP contribution < -0.4 is 14.9 Å². The van der Waals surface area contributed by atoms with Crippen molar-refractivity contribution in [1.82, 2.24) is 9.78 Å². The first kappa shape index (κ1) is 21.6. The van der Waals surface area contributed by atoms with Gasteiger partial charge in [-0.25, -0.2) is 4.68 Å². The maximum atomic E-state index is 13.6. The summed E-state index contributed by atoms with van der Waals surface area (Å²) in [7, 11) is 1.65. The number of hydrogen-bond acceptors (Lipinski definition) is 3. The molecule has 6 nitrogen and oxygen atoms in total. The maximum Gasteiger partial charge on any atom is 0.344 e. The standard InChI is InChI=1S/C25H20ClN3O2.H2O/c1-16-21-5-3-4-6-22(21)23-24(28(16)15-17-7-13-20(31-2)14-8-17)25(30)29(27-23)19-11-9-18(26)10-12-19;/h3-14H,15H2,1-2H3;1H2. The average molecular weight is 448 g/mol. The van der Waals surface area contributed by atoms with E-state index < -0.39 is 0 Å². The molecule has 0 radical (unpaired) electrons. The first-order valence-corrected chi connectivity index (χ1v) is 10.4. The summed E-state index contributed by atoms with van der Waals surface area (Å²) in [5.41, 5.74) is 4.22. The largest absolute Gasteiger partial charge is 0.870 e. The number of nitrogens with zero attached hydrogens (tertiary/aromatic N) is 2. The second-order valence-electron chi connectivity index (χ2n) is 7.52. The lowest BCUT2D eigenvalue weighted by molar-refractivity contribution is -0.667. The molecule has 0 saturated heterocycles. The summed E-state index contributed by atoms with van der Waals surface area (Å²) < 4.78 is 8.95. The molecule has 5 aromatic rings. The number of benzene rings is 3. The number of pyridine rings is 1. The van der Waals surface area contributed by atoms with E-state index in [0.717, 1.165) is 39.0 Å². The van der Waals surface area contributed by atoms with Gasteiger partial charge >= 0.3 is 5.56 Å². The maximum absolute atomic E-state index is 13.6. The monoisotopic (exact) mass is 447 g/mol. The Kier molecular flexibility index (Phi) is 5.74. The molecular weight excluding hydrogens is 426 g/mol. The fourth-order valence-electron chi connectivity index (χ4n) is 4.08. The number of ether oxygens (including phenoxy) is 1. The molecule has 0 saturated carbocycles. The number of methoxy groups -OCH3 is 1. The summed E-state index contributed by atoms with van der Waals surface area (Å²) in [6.07, 6.45) is 0. The second-order valence-corrected chi connectivity index (χ2v) is 7.95. The van der Waals surface area contributed by atoms with E-state index in [4.69, 9.17) is 16.3 Å². The number of fused-ring (bicyclic) bond motifs is 3. The Bertz CT molecular complexity index is 1470. The van der Waals surface area contributed by atoms with Crippen molar-refractivity contribution in [2.45, 2.75) is 13.5 Å². The second kappa shape index (κ2) is 8.49. The highest BCUT2D eigenvalue weighted by molar-refractivity contribution is 6.30. The van der Waals surface area contributed by atoms with Crippen LogP contribution in [0.2, 0.25) is 5.02 Å². The first-order chi connectivity index (χ1) is 15.1. The molecule has 0 bridgehead atoms. The van der Waals surface area contributed by atoms with Crippen LogP contribution in [0.4, 0.5) is 0 Å². The molecule has 0 unspecified atom stereocenters. The Balaban J connectivity index is 0.00000245. The van der Waals surface area contributed by atoms with Gasteiger partial charge in [0.1, 0.15) is 11.3 Å². The topological polar surface area (TPSA) is 80.9 Å². The van der Waals surface area contributed by atoms with Crippen molar-refractivity contribution in [3.63, 3.8) is 0 Å². The van der Waals surface area contributed by atoms with E-state index >= 15 is 0 Å². The minimum Gasteiger partial charge on any atom is -0.870 e. The lowest BCUT2D eigenvalue weighted by Gasteiger charge is -2.07. The van der Waals surface area contributed by atoms with Crippen LogP contribution in [0.1, 0.15) is 11.3 Å². The van der Waals surface area contributed by atoms with Gasteiger partial charge in [0.25, 0.3) is 5.52 Å². The van der Waals surface area contributed by atoms with E-state index in [1.165, 1.54) is 0 Å². The highest BCUT2D eigenvalue weighted by Gasteiger charge is 2.25. The lowest BCUT2D eigenvalue weighted by atomic mass is 10.1. The normalized spacial score (nSPS) is 11.0. The van der Waals surface area contributed by atoms with Crippen molar-refractivity contribution < 1.29 is 14.8 Å². The van der Waals surface area contributed by atoms with Gasteiger partial charge in [-0.1, -0.05) is 29.8 Å². The molecule has 162 valence electrons. The van der Waals surface area contributed by atoms with Crippen molar-refractivity contribution >= 4 is 33.4 Å². The predicted octanol–water partition coefficient (Wildman–Crippen LogP) is 4.60. The zero-order valence-corrected chi connectivity index (χ0v) is 18.4. The Morgan fingerprint density at radius 1 is 0.969 bits per heavy atom. The van der Waals surface area contributed by atoms with Crippen LogP contribution in [0.25, 0.3) is 27.5 Å². The average Bonchev–Trinajstić information content (AvgIpc) is 3.15. The fraction of sp³-hybridized carbons (Fsp3) is 0.120. The van der Waals surface area contributed by atoms with E-state index in [1.807, 2.05) is 54.6 Å². The molecule has 32 heavy (non-hydrogen) atoms. The molecule has 7 heteroatoms. The third kappa shape index (κ3) is 3.53. The smallest absolute Gasteiger partial charge is 0.344 e. The Hall–Kier alpha value is -3.61. The molecule has 0 atom stereocenters. The Morgan fingerprint density at radius 3 is 2.28 bits per heavy atom. The van der Waals surface area contributed by atoms with Gasteiger partial charge in [-0.3, -0.25) is 9.89 Å². The molecule has 0 fully saturated rings. The zero-order chi connectivity index (χ0) is 21.5. The minimum atomic E-state index is -0.0975. The summed E-state index contributed by atoms with van der Waals surface area (Å²) in [5, 5.41) is 6.09. The van der Waals surface area contributed by atoms with Gasteiger partial charge in [-0.2, -0.15) is 4.57 Å². The molecule has 0 aliphatic heterocycles. The number of hydrogen-bond donors (Lipinski definition) is 1. The summed E-state index contributed by atoms with van der Waals surface area (Å²) in [6, 6.07) is 23.3. The third-order valence-corrected chi connectivity index (χ3v) is 5.96. The number of nitrogens with one attached hydrogen (secondary N) is 1. The minimum absolute atomic E-state index is 0. The molecule has 2 N–H and O–H groups in total. The van der Waals surface area contributed by atoms with Gasteiger partial charge in [0.15, 0.2) is 12.2 Å². The predicted molar refractivity (Wildman–Crippen MR) is 125 cm³/mol. The van der Waals surface area contributed by atoms with Crippen molar-refractivity contribution in [3.8, 4) is 11.4 Å².